The predicted molar refractivity (Wildman–Crippen MR) is 123 cm³/mol. The van der Waals surface area contributed by atoms with Crippen molar-refractivity contribution in [1.82, 2.24) is 15.6 Å². The number of pyridine rings is 1. The molecule has 1 aliphatic rings. The molecule has 10 heteroatoms. The van der Waals surface area contributed by atoms with Gasteiger partial charge in [0, 0.05) is 37.7 Å². The smallest absolute Gasteiger partial charge is 0.331 e. The lowest BCUT2D eigenvalue weighted by Gasteiger charge is -2.36. The van der Waals surface area contributed by atoms with E-state index in [9.17, 15) is 19.5 Å². The number of carbonyl (C=O) groups is 3. The Labute approximate surface area is 193 Å². The number of amides is 2. The average molecular weight is 460 g/mol. The summed E-state index contributed by atoms with van der Waals surface area (Å²) in [5, 5.41) is 14.9. The highest BCUT2D eigenvalue weighted by Gasteiger charge is 2.37. The number of hydrogen-bond donors (Lipinski definition) is 4. The first-order valence-electron chi connectivity index (χ1n) is 11.1. The lowest BCUT2D eigenvalue weighted by molar-refractivity contribution is -0.133. The van der Waals surface area contributed by atoms with E-state index in [2.05, 4.69) is 20.6 Å². The van der Waals surface area contributed by atoms with Crippen LogP contribution < -0.4 is 16.4 Å². The zero-order valence-electron chi connectivity index (χ0n) is 19.3. The zero-order valence-corrected chi connectivity index (χ0v) is 19.3. The van der Waals surface area contributed by atoms with Crippen molar-refractivity contribution in [2.75, 3.05) is 0 Å². The Morgan fingerprint density at radius 3 is 2.64 bits per heavy atom. The number of nitrogens with two attached hydrogens (primary N) is 1. The number of nitrogens with one attached hydrogen (secondary N) is 2. The molecule has 0 unspecified atom stereocenters. The van der Waals surface area contributed by atoms with Crippen LogP contribution in [0.1, 0.15) is 52.0 Å². The molecule has 180 valence electrons. The van der Waals surface area contributed by atoms with Crippen LogP contribution in [0.25, 0.3) is 0 Å². The Bertz CT molecular complexity index is 882. The van der Waals surface area contributed by atoms with Crippen molar-refractivity contribution < 1.29 is 24.2 Å². The van der Waals surface area contributed by atoms with Crippen molar-refractivity contribution >= 4 is 23.7 Å². The second kappa shape index (κ2) is 12.7. The molecule has 2 rings (SSSR count). The van der Waals surface area contributed by atoms with Crippen molar-refractivity contribution in [1.29, 1.82) is 0 Å². The molecule has 1 aromatic rings. The molecule has 1 aromatic heterocycles. The van der Waals surface area contributed by atoms with Crippen LogP contribution in [0.5, 0.6) is 0 Å². The molecule has 0 aliphatic heterocycles. The first-order valence-corrected chi connectivity index (χ1v) is 11.1. The number of carboxylic acid groups (broad SMARTS) is 1. The van der Waals surface area contributed by atoms with E-state index < -0.39 is 24.2 Å². The van der Waals surface area contributed by atoms with Crippen molar-refractivity contribution in [2.45, 2.75) is 77.2 Å². The molecule has 5 N–H and O–H groups in total. The van der Waals surface area contributed by atoms with Gasteiger partial charge >= 0.3 is 5.97 Å². The Morgan fingerprint density at radius 1 is 1.33 bits per heavy atom. The minimum Gasteiger partial charge on any atom is -0.478 e. The van der Waals surface area contributed by atoms with Gasteiger partial charge in [-0.2, -0.15) is 0 Å². The highest BCUT2D eigenvalue weighted by atomic mass is 16.5. The van der Waals surface area contributed by atoms with E-state index >= 15 is 0 Å². The number of carbonyl (C=O) groups excluding carboxylic acids is 2. The molecule has 33 heavy (non-hydrogen) atoms. The van der Waals surface area contributed by atoms with Gasteiger partial charge in [0.2, 0.25) is 11.8 Å². The topological polar surface area (TPSA) is 156 Å². The molecule has 0 saturated heterocycles. The van der Waals surface area contributed by atoms with Gasteiger partial charge < -0.3 is 20.9 Å². The largest absolute Gasteiger partial charge is 0.478 e. The molecular weight excluding hydrogens is 426 g/mol. The molecule has 2 amide bonds. The van der Waals surface area contributed by atoms with E-state index in [1.807, 2.05) is 19.9 Å². The Hall–Kier alpha value is -3.27. The predicted octanol–water partition coefficient (Wildman–Crippen LogP) is 1.31. The molecule has 1 heterocycles. The Balaban J connectivity index is 2.17. The standard InChI is InChI=1S/C23H33N5O5/c1-4-17(5-2)33-19-12-16(22(31)32)11-18(21(19)26-14(3)29)27-23(24)28-20(30)9-8-15-7-6-10-25-13-15/h6-7,10,12-13,17-19,21H,4-5,8-9,11H2,1-3H3,(H,26,29)(H,31,32)(H3,24,27,28,30)/t18-,19+,21+/m0/s1. The van der Waals surface area contributed by atoms with Crippen LogP contribution in [0, 0.1) is 0 Å². The van der Waals surface area contributed by atoms with Crippen LogP contribution in [0.3, 0.4) is 0 Å². The van der Waals surface area contributed by atoms with E-state index in [1.54, 1.807) is 18.5 Å². The molecule has 0 bridgehead atoms. The third-order valence-corrected chi connectivity index (χ3v) is 5.40. The van der Waals surface area contributed by atoms with Gasteiger partial charge in [0.15, 0.2) is 5.96 Å². The number of ether oxygens (including phenoxy) is 1. The van der Waals surface area contributed by atoms with Gasteiger partial charge in [-0.1, -0.05) is 19.9 Å². The number of aryl methyl sites for hydroxylation is 1. The SMILES string of the molecule is CCC(CC)O[C@@H]1C=C(C(=O)O)C[C@H](N=C(N)NC(=O)CCc2cccnc2)[C@H]1NC(C)=O. The minimum atomic E-state index is -1.09. The maximum atomic E-state index is 12.3. The maximum absolute atomic E-state index is 12.3. The number of aromatic nitrogens is 1. The van der Waals surface area contributed by atoms with Gasteiger partial charge in [-0.05, 0) is 37.0 Å². The number of hydrogen-bond acceptors (Lipinski definition) is 6. The third-order valence-electron chi connectivity index (χ3n) is 5.40. The van der Waals surface area contributed by atoms with Gasteiger partial charge in [-0.15, -0.1) is 0 Å². The van der Waals surface area contributed by atoms with E-state index in [-0.39, 0.29) is 42.3 Å². The number of guanidine groups is 1. The maximum Gasteiger partial charge on any atom is 0.331 e. The van der Waals surface area contributed by atoms with Crippen molar-refractivity contribution in [2.24, 2.45) is 10.7 Å². The van der Waals surface area contributed by atoms with Crippen LogP contribution in [-0.4, -0.2) is 58.1 Å². The zero-order chi connectivity index (χ0) is 24.4. The molecule has 0 spiro atoms. The van der Waals surface area contributed by atoms with Gasteiger partial charge in [-0.25, -0.2) is 9.79 Å². The van der Waals surface area contributed by atoms with Crippen molar-refractivity contribution in [3.05, 3.63) is 41.7 Å². The first kappa shape index (κ1) is 26.0. The summed E-state index contributed by atoms with van der Waals surface area (Å²) in [5.41, 5.74) is 7.01. The fourth-order valence-corrected chi connectivity index (χ4v) is 3.69. The van der Waals surface area contributed by atoms with E-state index in [4.69, 9.17) is 10.5 Å². The number of nitrogens with zero attached hydrogens (tertiary/aromatic N) is 2. The van der Waals surface area contributed by atoms with E-state index in [1.165, 1.54) is 13.0 Å². The molecule has 3 atom stereocenters. The number of carboxylic acids is 1. The summed E-state index contributed by atoms with van der Waals surface area (Å²) >= 11 is 0. The summed E-state index contributed by atoms with van der Waals surface area (Å²) in [6.07, 6.45) is 6.24. The highest BCUT2D eigenvalue weighted by molar-refractivity contribution is 5.96. The summed E-state index contributed by atoms with van der Waals surface area (Å²) in [6, 6.07) is 2.32. The lowest BCUT2D eigenvalue weighted by atomic mass is 9.88. The van der Waals surface area contributed by atoms with Crippen LogP contribution in [0.4, 0.5) is 0 Å². The van der Waals surface area contributed by atoms with Gasteiger partial charge in [0.25, 0.3) is 0 Å². The number of rotatable bonds is 10. The first-order chi connectivity index (χ1) is 15.7. The highest BCUT2D eigenvalue weighted by Crippen LogP contribution is 2.26. The molecule has 0 saturated carbocycles. The third kappa shape index (κ3) is 8.30. The lowest BCUT2D eigenvalue weighted by Crippen LogP contribution is -2.54. The molecular formula is C23H33N5O5. The Kier molecular flexibility index (Phi) is 9.99. The van der Waals surface area contributed by atoms with Crippen LogP contribution >= 0.6 is 0 Å². The monoisotopic (exact) mass is 459 g/mol. The number of aliphatic carboxylic acids is 1. The van der Waals surface area contributed by atoms with Gasteiger partial charge in [0.1, 0.15) is 0 Å². The second-order valence-corrected chi connectivity index (χ2v) is 7.96. The van der Waals surface area contributed by atoms with Crippen LogP contribution in [-0.2, 0) is 25.5 Å². The van der Waals surface area contributed by atoms with Crippen LogP contribution in [0.15, 0.2) is 41.2 Å². The molecule has 10 nitrogen and oxygen atoms in total. The quantitative estimate of drug-likeness (QED) is 0.303. The second-order valence-electron chi connectivity index (χ2n) is 7.96. The summed E-state index contributed by atoms with van der Waals surface area (Å²) in [7, 11) is 0. The molecule has 1 aliphatic carbocycles. The summed E-state index contributed by atoms with van der Waals surface area (Å²) in [4.78, 5) is 44.3. The normalized spacial score (nSPS) is 20.8. The van der Waals surface area contributed by atoms with Crippen LogP contribution in [0.2, 0.25) is 0 Å². The molecule has 0 fully saturated rings. The molecule has 0 aromatic carbocycles. The van der Waals surface area contributed by atoms with Crippen molar-refractivity contribution in [3.63, 3.8) is 0 Å². The number of aliphatic imine (C=N–C) groups is 1. The van der Waals surface area contributed by atoms with Gasteiger partial charge in [-0.3, -0.25) is 19.9 Å². The summed E-state index contributed by atoms with van der Waals surface area (Å²) < 4.78 is 6.11. The van der Waals surface area contributed by atoms with E-state index in [0.717, 1.165) is 18.4 Å². The van der Waals surface area contributed by atoms with Gasteiger partial charge in [0.05, 0.1) is 24.3 Å². The molecule has 0 radical (unpaired) electrons. The Morgan fingerprint density at radius 2 is 2.06 bits per heavy atom. The fourth-order valence-electron chi connectivity index (χ4n) is 3.69. The minimum absolute atomic E-state index is 0.0370. The fraction of sp³-hybridized carbons (Fsp3) is 0.522. The van der Waals surface area contributed by atoms with E-state index in [0.29, 0.717) is 6.42 Å². The summed E-state index contributed by atoms with van der Waals surface area (Å²) in [5.74, 6) is -1.86. The van der Waals surface area contributed by atoms with Crippen molar-refractivity contribution in [3.8, 4) is 0 Å². The average Bonchev–Trinajstić information content (AvgIpc) is 2.77. The summed E-state index contributed by atoms with van der Waals surface area (Å²) in [6.45, 7) is 5.32.